The molecule has 0 saturated heterocycles. The zero-order chi connectivity index (χ0) is 10.2. The summed E-state index contributed by atoms with van der Waals surface area (Å²) in [4.78, 5) is 36.8. The predicted molar refractivity (Wildman–Crippen MR) is 53.4 cm³/mol. The van der Waals surface area contributed by atoms with Crippen LogP contribution < -0.4 is 68.9 Å². The van der Waals surface area contributed by atoms with Gasteiger partial charge in [-0.2, -0.15) is 0 Å². The average Bonchev–Trinajstić information content (AvgIpc) is 1.52. The van der Waals surface area contributed by atoms with Gasteiger partial charge in [0.1, 0.15) is 0 Å². The third-order valence-electron chi connectivity index (χ3n) is 0.810. The summed E-state index contributed by atoms with van der Waals surface area (Å²) >= 11 is 9.85. The van der Waals surface area contributed by atoms with Gasteiger partial charge in [0.05, 0.1) is 0 Å². The molecule has 0 fully saturated rings. The average molecular weight is 375 g/mol. The molecule has 0 unspecified atom stereocenters. The Bertz CT molecular complexity index is 263. The molecule has 0 heterocycles. The van der Waals surface area contributed by atoms with E-state index in [4.69, 9.17) is 33.0 Å². The molecule has 18 heavy (non-hydrogen) atoms. The fraction of sp³-hybridized carbons (Fsp3) is 1.00. The SMILES string of the molecule is O.O.O.O.O=P([O-])([O-])CC(Cl)(Cl)P(=O)(O)O.[Na+].[Na+]. The van der Waals surface area contributed by atoms with E-state index in [-0.39, 0.29) is 81.0 Å². The molecule has 0 aliphatic heterocycles. The van der Waals surface area contributed by atoms with E-state index in [1.807, 2.05) is 0 Å². The molecule has 0 rings (SSSR count). The van der Waals surface area contributed by atoms with Crippen LogP contribution in [-0.4, -0.2) is 41.9 Å². The van der Waals surface area contributed by atoms with Gasteiger partial charge in [0.25, 0.3) is 0 Å². The molecule has 0 atom stereocenters. The van der Waals surface area contributed by atoms with Crippen molar-refractivity contribution < 1.29 is 110 Å². The van der Waals surface area contributed by atoms with E-state index in [1.54, 1.807) is 0 Å². The first-order valence-corrected chi connectivity index (χ1v) is 6.50. The predicted octanol–water partition coefficient (Wildman–Crippen LogP) is -10.1. The van der Waals surface area contributed by atoms with Gasteiger partial charge >= 0.3 is 66.7 Å². The third-order valence-corrected chi connectivity index (χ3v) is 4.89. The van der Waals surface area contributed by atoms with Gasteiger partial charge in [-0.1, -0.05) is 30.8 Å². The molecular weight excluding hydrogens is 363 g/mol. The first-order valence-electron chi connectivity index (χ1n) is 2.40. The summed E-state index contributed by atoms with van der Waals surface area (Å²) in [6, 6.07) is 0. The van der Waals surface area contributed by atoms with Crippen molar-refractivity contribution in [2.75, 3.05) is 6.16 Å². The van der Waals surface area contributed by atoms with Crippen molar-refractivity contribution in [1.82, 2.24) is 0 Å². The molecule has 0 spiro atoms. The van der Waals surface area contributed by atoms with Crippen molar-refractivity contribution in [2.24, 2.45) is 0 Å². The molecule has 16 heteroatoms. The van der Waals surface area contributed by atoms with Crippen LogP contribution >= 0.6 is 38.4 Å². The number of alkyl halides is 2. The number of hydrogen-bond acceptors (Lipinski definition) is 4. The Labute approximate surface area is 157 Å². The minimum Gasteiger partial charge on any atom is -0.811 e. The summed E-state index contributed by atoms with van der Waals surface area (Å²) in [7, 11) is -10.1. The minimum atomic E-state index is -5.14. The Morgan fingerprint density at radius 2 is 1.17 bits per heavy atom. The molecule has 0 aliphatic carbocycles. The van der Waals surface area contributed by atoms with Crippen LogP contribution in [0.2, 0.25) is 0 Å². The van der Waals surface area contributed by atoms with Crippen molar-refractivity contribution in [3.05, 3.63) is 0 Å². The molecule has 0 saturated carbocycles. The fourth-order valence-corrected chi connectivity index (χ4v) is 2.93. The quantitative estimate of drug-likeness (QED) is 0.275. The zero-order valence-corrected chi connectivity index (χ0v) is 16.7. The van der Waals surface area contributed by atoms with E-state index >= 15 is 0 Å². The Morgan fingerprint density at radius 1 is 0.944 bits per heavy atom. The number of halogens is 2. The van der Waals surface area contributed by atoms with Crippen LogP contribution in [0.25, 0.3) is 0 Å². The molecule has 0 bridgehead atoms. The molecule has 0 aliphatic rings. The van der Waals surface area contributed by atoms with Gasteiger partial charge in [-0.15, -0.1) is 0 Å². The van der Waals surface area contributed by atoms with Crippen LogP contribution in [0.15, 0.2) is 0 Å². The van der Waals surface area contributed by atoms with Crippen molar-refractivity contribution in [3.63, 3.8) is 0 Å². The summed E-state index contributed by atoms with van der Waals surface area (Å²) in [6.07, 6.45) is -1.51. The van der Waals surface area contributed by atoms with E-state index in [0.29, 0.717) is 0 Å². The molecule has 0 amide bonds. The molecule has 0 aromatic heterocycles. The second kappa shape index (κ2) is 14.6. The van der Waals surface area contributed by atoms with E-state index < -0.39 is 25.4 Å². The molecule has 106 valence electrons. The van der Waals surface area contributed by atoms with Crippen LogP contribution in [0, 0.1) is 0 Å². The van der Waals surface area contributed by atoms with Gasteiger partial charge in [-0.25, -0.2) is 0 Å². The maximum absolute atomic E-state index is 10.4. The van der Waals surface area contributed by atoms with Gasteiger partial charge < -0.3 is 46.0 Å². The summed E-state index contributed by atoms with van der Waals surface area (Å²) in [6.45, 7) is 0. The standard InChI is InChI=1S/C2H6Cl2O6P2.2Na.4H2O/c3-2(4,12(8,9)10)1-11(5,6)7;;;;;;/h1H2,(H2,5,6,7)(H2,8,9,10);;;4*1H2/q;2*+1;;;;/p-2. The first-order chi connectivity index (χ1) is 4.96. The Kier molecular flexibility index (Phi) is 34.8. The molecule has 0 aromatic carbocycles. The van der Waals surface area contributed by atoms with Crippen molar-refractivity contribution >= 4 is 38.4 Å². The van der Waals surface area contributed by atoms with Crippen molar-refractivity contribution in [3.8, 4) is 0 Å². The van der Waals surface area contributed by atoms with Crippen LogP contribution in [0.5, 0.6) is 0 Å². The first kappa shape index (κ1) is 42.8. The van der Waals surface area contributed by atoms with E-state index in [1.165, 1.54) is 0 Å². The fourth-order valence-electron chi connectivity index (χ4n) is 0.325. The van der Waals surface area contributed by atoms with Crippen LogP contribution in [-0.2, 0) is 9.13 Å². The van der Waals surface area contributed by atoms with E-state index in [2.05, 4.69) is 0 Å². The Morgan fingerprint density at radius 3 is 1.22 bits per heavy atom. The topological polar surface area (TPSA) is 247 Å². The zero-order valence-electron chi connectivity index (χ0n) is 9.38. The normalized spacial score (nSPS) is 9.89. The van der Waals surface area contributed by atoms with Gasteiger partial charge in [0, 0.05) is 6.16 Å². The maximum atomic E-state index is 10.4. The largest absolute Gasteiger partial charge is 1.00 e. The van der Waals surface area contributed by atoms with Crippen molar-refractivity contribution in [1.29, 1.82) is 0 Å². The molecule has 0 radical (unpaired) electrons. The monoisotopic (exact) mass is 374 g/mol. The number of rotatable bonds is 3. The van der Waals surface area contributed by atoms with Gasteiger partial charge in [-0.05, 0) is 0 Å². The summed E-state index contributed by atoms with van der Waals surface area (Å²) in [5.74, 6) is 0. The summed E-state index contributed by atoms with van der Waals surface area (Å²) < 4.78 is 17.6. The third kappa shape index (κ3) is 18.7. The van der Waals surface area contributed by atoms with E-state index in [9.17, 15) is 18.9 Å². The van der Waals surface area contributed by atoms with Gasteiger partial charge in [-0.3, -0.25) is 4.57 Å². The maximum Gasteiger partial charge on any atom is 1.00 e. The molecule has 10 N–H and O–H groups in total. The molecule has 10 nitrogen and oxygen atoms in total. The second-order valence-electron chi connectivity index (χ2n) is 1.98. The Hall–Kier alpha value is 2.72. The smallest absolute Gasteiger partial charge is 0.811 e. The molecular formula is C2H12Cl2Na2O10P2. The van der Waals surface area contributed by atoms with Crippen LogP contribution in [0.4, 0.5) is 0 Å². The van der Waals surface area contributed by atoms with Crippen LogP contribution in [0.3, 0.4) is 0 Å². The van der Waals surface area contributed by atoms with Gasteiger partial charge in [0.15, 0.2) is 0 Å². The van der Waals surface area contributed by atoms with Crippen LogP contribution in [0.1, 0.15) is 0 Å². The minimum absolute atomic E-state index is 0. The number of hydrogen-bond donors (Lipinski definition) is 2. The van der Waals surface area contributed by atoms with Crippen molar-refractivity contribution in [2.45, 2.75) is 4.07 Å². The van der Waals surface area contributed by atoms with E-state index in [0.717, 1.165) is 0 Å². The summed E-state index contributed by atoms with van der Waals surface area (Å²) in [5.41, 5.74) is 0. The molecule has 0 aromatic rings. The van der Waals surface area contributed by atoms with Gasteiger partial charge in [0.2, 0.25) is 4.07 Å². The summed E-state index contributed by atoms with van der Waals surface area (Å²) in [5, 5.41) is 0. The second-order valence-corrected chi connectivity index (χ2v) is 7.38. The Balaban J connectivity index is -0.0000000403.